The summed E-state index contributed by atoms with van der Waals surface area (Å²) in [5.41, 5.74) is 2.48. The number of carbonyl (C=O) groups is 1. The summed E-state index contributed by atoms with van der Waals surface area (Å²) in [5, 5.41) is 0. The molecule has 2 nitrogen and oxygen atoms in total. The second-order valence-electron chi connectivity index (χ2n) is 9.26. The highest BCUT2D eigenvalue weighted by Crippen LogP contribution is 2.22. The summed E-state index contributed by atoms with van der Waals surface area (Å²) in [5.74, 6) is 0.649. The van der Waals surface area contributed by atoms with Crippen LogP contribution in [0.4, 0.5) is 0 Å². The van der Waals surface area contributed by atoms with Crippen LogP contribution < -0.4 is 0 Å². The van der Waals surface area contributed by atoms with Crippen molar-refractivity contribution >= 4 is 14.0 Å². The number of benzene rings is 1. The Balaban J connectivity index is 0.000000502. The Bertz CT molecular complexity index is 512. The molecule has 0 aliphatic heterocycles. The van der Waals surface area contributed by atoms with E-state index >= 15 is 0 Å². The Morgan fingerprint density at radius 2 is 1.65 bits per heavy atom. The van der Waals surface area contributed by atoms with E-state index in [9.17, 15) is 4.79 Å². The normalized spacial score (nSPS) is 12.8. The van der Waals surface area contributed by atoms with Gasteiger partial charge in [-0.2, -0.15) is 0 Å². The molecule has 0 fully saturated rings. The molecule has 1 unspecified atom stereocenters. The van der Waals surface area contributed by atoms with Gasteiger partial charge in [0, 0.05) is 8.07 Å². The molecule has 0 aliphatic rings. The second kappa shape index (κ2) is 11.6. The molecule has 0 spiro atoms. The fourth-order valence-corrected chi connectivity index (χ4v) is 3.44. The third-order valence-corrected chi connectivity index (χ3v) is 6.85. The number of hydrogen-bond donors (Lipinski definition) is 0. The van der Waals surface area contributed by atoms with E-state index in [4.69, 9.17) is 4.74 Å². The molecule has 0 bridgehead atoms. The largest absolute Gasteiger partial charge is 0.465 e. The van der Waals surface area contributed by atoms with E-state index in [0.717, 1.165) is 12.8 Å². The highest BCUT2D eigenvalue weighted by atomic mass is 28.3. The van der Waals surface area contributed by atoms with Gasteiger partial charge in [0.15, 0.2) is 0 Å². The van der Waals surface area contributed by atoms with Crippen molar-refractivity contribution in [1.29, 1.82) is 0 Å². The third-order valence-electron chi connectivity index (χ3n) is 5.00. The van der Waals surface area contributed by atoms with Gasteiger partial charge in [-0.3, -0.25) is 4.79 Å². The highest BCUT2D eigenvalue weighted by molar-refractivity contribution is 6.76. The fourth-order valence-electron chi connectivity index (χ4n) is 2.24. The molecule has 150 valence electrons. The maximum atomic E-state index is 11.6. The summed E-state index contributed by atoms with van der Waals surface area (Å²) in [6.07, 6.45) is 3.07. The van der Waals surface area contributed by atoms with Crippen molar-refractivity contribution in [2.75, 3.05) is 6.61 Å². The van der Waals surface area contributed by atoms with Crippen LogP contribution in [0.2, 0.25) is 25.7 Å². The van der Waals surface area contributed by atoms with Crippen molar-refractivity contribution < 1.29 is 9.53 Å². The minimum atomic E-state index is -0.975. The Kier molecular flexibility index (Phi) is 11.1. The summed E-state index contributed by atoms with van der Waals surface area (Å²) in [7, 11) is -0.975. The molecule has 0 heterocycles. The standard InChI is InChI=1S/C12H26O2Si.C11H16/c1-7-12(2,3)11(13)14-9-8-10-15(4,5)6;1-4-10(3)11-7-5-9(2)6-8-11/h7-10H2,1-6H3;5-8,10H,4H2,1-3H3. The maximum Gasteiger partial charge on any atom is 0.311 e. The molecule has 0 saturated heterocycles. The van der Waals surface area contributed by atoms with Crippen molar-refractivity contribution in [2.24, 2.45) is 5.41 Å². The van der Waals surface area contributed by atoms with Gasteiger partial charge in [-0.25, -0.2) is 0 Å². The molecule has 1 atom stereocenters. The highest BCUT2D eigenvalue weighted by Gasteiger charge is 2.26. The van der Waals surface area contributed by atoms with Gasteiger partial charge >= 0.3 is 5.97 Å². The lowest BCUT2D eigenvalue weighted by Gasteiger charge is -2.21. The topological polar surface area (TPSA) is 26.3 Å². The van der Waals surface area contributed by atoms with E-state index in [-0.39, 0.29) is 11.4 Å². The smallest absolute Gasteiger partial charge is 0.311 e. The Labute approximate surface area is 163 Å². The van der Waals surface area contributed by atoms with Crippen LogP contribution >= 0.6 is 0 Å². The Morgan fingerprint density at radius 3 is 2.08 bits per heavy atom. The average molecular weight is 379 g/mol. The maximum absolute atomic E-state index is 11.6. The SMILES string of the molecule is CCC(C)(C)C(=O)OCCC[Si](C)(C)C.CCC(C)c1ccc(C)cc1. The molecule has 0 N–H and O–H groups in total. The number of carbonyl (C=O) groups excluding carboxylic acids is 1. The van der Waals surface area contributed by atoms with Gasteiger partial charge in [0.2, 0.25) is 0 Å². The molecular formula is C23H42O2Si. The van der Waals surface area contributed by atoms with Crippen LogP contribution in [0.3, 0.4) is 0 Å². The lowest BCUT2D eigenvalue weighted by molar-refractivity contribution is -0.154. The van der Waals surface area contributed by atoms with Crippen LogP contribution in [0, 0.1) is 12.3 Å². The zero-order valence-electron chi connectivity index (χ0n) is 18.7. The first-order valence-corrected chi connectivity index (χ1v) is 13.9. The van der Waals surface area contributed by atoms with E-state index in [1.165, 1.54) is 23.6 Å². The molecule has 0 aliphatic carbocycles. The van der Waals surface area contributed by atoms with Crippen LogP contribution in [0.15, 0.2) is 24.3 Å². The minimum Gasteiger partial charge on any atom is -0.465 e. The van der Waals surface area contributed by atoms with Crippen molar-refractivity contribution in [3.05, 3.63) is 35.4 Å². The molecule has 1 aromatic carbocycles. The molecule has 1 aromatic rings. The van der Waals surface area contributed by atoms with Crippen LogP contribution in [-0.2, 0) is 9.53 Å². The summed E-state index contributed by atoms with van der Waals surface area (Å²) in [4.78, 5) is 11.6. The predicted octanol–water partition coefficient (Wildman–Crippen LogP) is 7.20. The molecular weight excluding hydrogens is 336 g/mol. The predicted molar refractivity (Wildman–Crippen MR) is 118 cm³/mol. The van der Waals surface area contributed by atoms with E-state index in [1.807, 2.05) is 20.8 Å². The fraction of sp³-hybridized carbons (Fsp3) is 0.696. The quantitative estimate of drug-likeness (QED) is 0.271. The van der Waals surface area contributed by atoms with Crippen molar-refractivity contribution in [2.45, 2.75) is 92.4 Å². The lowest BCUT2D eigenvalue weighted by Crippen LogP contribution is -2.27. The Hall–Kier alpha value is -1.09. The number of esters is 1. The van der Waals surface area contributed by atoms with Crippen molar-refractivity contribution in [3.8, 4) is 0 Å². The first-order chi connectivity index (χ1) is 11.9. The summed E-state index contributed by atoms with van der Waals surface area (Å²) in [6, 6.07) is 10.0. The third kappa shape index (κ3) is 10.8. The van der Waals surface area contributed by atoms with E-state index in [1.54, 1.807) is 0 Å². The zero-order valence-corrected chi connectivity index (χ0v) is 19.7. The Morgan fingerprint density at radius 1 is 1.12 bits per heavy atom. The van der Waals surface area contributed by atoms with Crippen molar-refractivity contribution in [3.63, 3.8) is 0 Å². The zero-order chi connectivity index (χ0) is 20.4. The number of ether oxygens (including phenoxy) is 1. The molecule has 0 aromatic heterocycles. The van der Waals surface area contributed by atoms with Crippen LogP contribution in [0.1, 0.15) is 70.9 Å². The van der Waals surface area contributed by atoms with Gasteiger partial charge in [-0.15, -0.1) is 0 Å². The van der Waals surface area contributed by atoms with Crippen molar-refractivity contribution in [1.82, 2.24) is 0 Å². The molecule has 1 rings (SSSR count). The molecule has 3 heteroatoms. The number of rotatable bonds is 8. The van der Waals surface area contributed by atoms with Gasteiger partial charge in [-0.1, -0.05) is 76.3 Å². The first-order valence-electron chi connectivity index (χ1n) is 10.2. The van der Waals surface area contributed by atoms with E-state index < -0.39 is 8.07 Å². The molecule has 26 heavy (non-hydrogen) atoms. The molecule has 0 radical (unpaired) electrons. The summed E-state index contributed by atoms with van der Waals surface area (Å²) < 4.78 is 5.28. The van der Waals surface area contributed by atoms with Crippen LogP contribution in [0.25, 0.3) is 0 Å². The number of hydrogen-bond acceptors (Lipinski definition) is 2. The van der Waals surface area contributed by atoms with Crippen LogP contribution in [-0.4, -0.2) is 20.7 Å². The van der Waals surface area contributed by atoms with Gasteiger partial charge in [0.05, 0.1) is 12.0 Å². The second-order valence-corrected chi connectivity index (χ2v) is 14.9. The molecule has 0 saturated carbocycles. The lowest BCUT2D eigenvalue weighted by atomic mass is 9.91. The summed E-state index contributed by atoms with van der Waals surface area (Å²) >= 11 is 0. The monoisotopic (exact) mass is 378 g/mol. The van der Waals surface area contributed by atoms with E-state index in [2.05, 4.69) is 64.7 Å². The van der Waals surface area contributed by atoms with Crippen LogP contribution in [0.5, 0.6) is 0 Å². The summed E-state index contributed by atoms with van der Waals surface area (Å²) in [6.45, 7) is 20.1. The van der Waals surface area contributed by atoms with E-state index in [0.29, 0.717) is 12.5 Å². The average Bonchev–Trinajstić information content (AvgIpc) is 2.58. The van der Waals surface area contributed by atoms with Gasteiger partial charge < -0.3 is 4.74 Å². The minimum absolute atomic E-state index is 0.0550. The molecule has 0 amide bonds. The van der Waals surface area contributed by atoms with Gasteiger partial charge in [0.25, 0.3) is 0 Å². The first kappa shape index (κ1) is 24.9. The number of aryl methyl sites for hydroxylation is 1. The van der Waals surface area contributed by atoms with Gasteiger partial charge in [-0.05, 0) is 51.5 Å². The van der Waals surface area contributed by atoms with Gasteiger partial charge in [0.1, 0.15) is 0 Å².